The lowest BCUT2D eigenvalue weighted by atomic mass is 10.3. The third kappa shape index (κ3) is 3.47. The minimum absolute atomic E-state index is 0.0383. The van der Waals surface area contributed by atoms with Gasteiger partial charge in [-0.1, -0.05) is 0 Å². The molecule has 0 saturated carbocycles. The largest absolute Gasteiger partial charge is 0.292 e. The molecule has 0 N–H and O–H groups in total. The Labute approximate surface area is 98.3 Å². The Morgan fingerprint density at radius 1 is 1.38 bits per heavy atom. The second-order valence-corrected chi connectivity index (χ2v) is 4.58. The lowest BCUT2D eigenvalue weighted by Crippen LogP contribution is -2.30. The number of carbonyl (C=O) groups is 1. The minimum Gasteiger partial charge on any atom is -0.292 e. The third-order valence-corrected chi connectivity index (χ3v) is 3.01. The third-order valence-electron chi connectivity index (χ3n) is 1.97. The molecule has 0 aliphatic carbocycles. The first-order valence-electron chi connectivity index (χ1n) is 4.73. The van der Waals surface area contributed by atoms with Gasteiger partial charge in [0.2, 0.25) is 0 Å². The van der Waals surface area contributed by atoms with Crippen molar-refractivity contribution in [2.45, 2.75) is 6.92 Å². The van der Waals surface area contributed by atoms with Crippen molar-refractivity contribution in [1.29, 1.82) is 10.5 Å². The van der Waals surface area contributed by atoms with Crippen molar-refractivity contribution in [3.05, 3.63) is 21.9 Å². The average molecular weight is 233 g/mol. The van der Waals surface area contributed by atoms with E-state index in [-0.39, 0.29) is 25.4 Å². The highest BCUT2D eigenvalue weighted by atomic mass is 32.1. The van der Waals surface area contributed by atoms with Crippen LogP contribution in [0.25, 0.3) is 0 Å². The summed E-state index contributed by atoms with van der Waals surface area (Å²) in [4.78, 5) is 15.1. The van der Waals surface area contributed by atoms with Crippen molar-refractivity contribution >= 4 is 17.1 Å². The van der Waals surface area contributed by atoms with Gasteiger partial charge in [-0.3, -0.25) is 9.69 Å². The van der Waals surface area contributed by atoms with Crippen LogP contribution in [0.5, 0.6) is 0 Å². The first-order valence-corrected chi connectivity index (χ1v) is 5.55. The second-order valence-electron chi connectivity index (χ2n) is 3.29. The summed E-state index contributed by atoms with van der Waals surface area (Å²) in [5.74, 6) is -0.0383. The molecule has 0 fully saturated rings. The van der Waals surface area contributed by atoms with E-state index in [0.717, 1.165) is 4.88 Å². The molecule has 0 aliphatic rings. The standard InChI is InChI=1S/C11H11N3OS/c1-9-2-3-11(16-9)10(15)8-14(6-4-12)7-5-13/h2-3H,6-8H2,1H3. The maximum absolute atomic E-state index is 11.8. The number of ketones is 1. The van der Waals surface area contributed by atoms with Crippen molar-refractivity contribution < 1.29 is 4.79 Å². The zero-order valence-electron chi connectivity index (χ0n) is 8.93. The molecule has 0 atom stereocenters. The fourth-order valence-electron chi connectivity index (χ4n) is 1.23. The van der Waals surface area contributed by atoms with Gasteiger partial charge < -0.3 is 0 Å². The van der Waals surface area contributed by atoms with E-state index in [1.54, 1.807) is 6.07 Å². The van der Waals surface area contributed by atoms with E-state index in [4.69, 9.17) is 10.5 Å². The van der Waals surface area contributed by atoms with E-state index in [2.05, 4.69) is 0 Å². The van der Waals surface area contributed by atoms with Gasteiger partial charge in [0.1, 0.15) is 0 Å². The van der Waals surface area contributed by atoms with Gasteiger partial charge in [-0.2, -0.15) is 10.5 Å². The van der Waals surface area contributed by atoms with Crippen LogP contribution in [0.4, 0.5) is 0 Å². The smallest absolute Gasteiger partial charge is 0.186 e. The van der Waals surface area contributed by atoms with Crippen molar-refractivity contribution in [3.63, 3.8) is 0 Å². The molecule has 0 saturated heterocycles. The van der Waals surface area contributed by atoms with Crippen LogP contribution in [0.15, 0.2) is 12.1 Å². The molecule has 5 heteroatoms. The van der Waals surface area contributed by atoms with Gasteiger partial charge in [-0.05, 0) is 19.1 Å². The van der Waals surface area contributed by atoms with E-state index in [1.165, 1.54) is 16.2 Å². The monoisotopic (exact) mass is 233 g/mol. The zero-order valence-corrected chi connectivity index (χ0v) is 9.75. The molecule has 0 amide bonds. The number of carbonyl (C=O) groups excluding carboxylic acids is 1. The van der Waals surface area contributed by atoms with Crippen molar-refractivity contribution in [3.8, 4) is 12.1 Å². The topological polar surface area (TPSA) is 67.9 Å². The molecule has 0 bridgehead atoms. The number of nitrogens with zero attached hydrogens (tertiary/aromatic N) is 3. The second kappa shape index (κ2) is 6.02. The Morgan fingerprint density at radius 3 is 2.44 bits per heavy atom. The quantitative estimate of drug-likeness (QED) is 0.572. The van der Waals surface area contributed by atoms with Crippen LogP contribution in [0.2, 0.25) is 0 Å². The maximum Gasteiger partial charge on any atom is 0.186 e. The van der Waals surface area contributed by atoms with Gasteiger partial charge in [-0.25, -0.2) is 0 Å². The first kappa shape index (κ1) is 12.4. The Morgan fingerprint density at radius 2 is 2.00 bits per heavy atom. The molecule has 1 aromatic rings. The molecule has 82 valence electrons. The van der Waals surface area contributed by atoms with Gasteiger partial charge in [0, 0.05) is 4.88 Å². The highest BCUT2D eigenvalue weighted by Gasteiger charge is 2.13. The van der Waals surface area contributed by atoms with Crippen molar-refractivity contribution in [2.24, 2.45) is 0 Å². The number of rotatable bonds is 5. The summed E-state index contributed by atoms with van der Waals surface area (Å²) in [7, 11) is 0. The van der Waals surface area contributed by atoms with Crippen LogP contribution in [0.1, 0.15) is 14.5 Å². The number of hydrogen-bond acceptors (Lipinski definition) is 5. The summed E-state index contributed by atoms with van der Waals surface area (Å²) < 4.78 is 0. The van der Waals surface area contributed by atoms with E-state index in [0.29, 0.717) is 4.88 Å². The van der Waals surface area contributed by atoms with E-state index in [1.807, 2.05) is 25.1 Å². The van der Waals surface area contributed by atoms with Gasteiger partial charge in [0.05, 0.1) is 36.6 Å². The van der Waals surface area contributed by atoms with E-state index in [9.17, 15) is 4.79 Å². The van der Waals surface area contributed by atoms with Crippen LogP contribution >= 0.6 is 11.3 Å². The highest BCUT2D eigenvalue weighted by molar-refractivity contribution is 7.14. The summed E-state index contributed by atoms with van der Waals surface area (Å²) in [5, 5.41) is 17.1. The number of hydrogen-bond donors (Lipinski definition) is 0. The van der Waals surface area contributed by atoms with Crippen molar-refractivity contribution in [2.75, 3.05) is 19.6 Å². The number of aryl methyl sites for hydroxylation is 1. The summed E-state index contributed by atoms with van der Waals surface area (Å²) in [6.45, 7) is 2.26. The molecular weight excluding hydrogens is 222 g/mol. The van der Waals surface area contributed by atoms with Gasteiger partial charge >= 0.3 is 0 Å². The van der Waals surface area contributed by atoms with Gasteiger partial charge in [0.25, 0.3) is 0 Å². The Hall–Kier alpha value is -1.69. The van der Waals surface area contributed by atoms with Gasteiger partial charge in [0.15, 0.2) is 5.78 Å². The Balaban J connectivity index is 2.62. The fourth-order valence-corrected chi connectivity index (χ4v) is 2.03. The fraction of sp³-hybridized carbons (Fsp3) is 0.364. The molecule has 0 unspecified atom stereocenters. The Kier molecular flexibility index (Phi) is 4.65. The maximum atomic E-state index is 11.8. The summed E-state index contributed by atoms with van der Waals surface area (Å²) in [6.07, 6.45) is 0. The molecule has 0 spiro atoms. The van der Waals surface area contributed by atoms with Crippen LogP contribution in [-0.4, -0.2) is 30.3 Å². The first-order chi connectivity index (χ1) is 7.67. The molecule has 16 heavy (non-hydrogen) atoms. The summed E-state index contributed by atoms with van der Waals surface area (Å²) in [6, 6.07) is 7.54. The molecule has 1 rings (SSSR count). The Bertz CT molecular complexity index is 437. The number of Topliss-reactive ketones (excluding diaryl/α,β-unsaturated/α-hetero) is 1. The van der Waals surface area contributed by atoms with E-state index < -0.39 is 0 Å². The molecule has 0 aliphatic heterocycles. The SMILES string of the molecule is Cc1ccc(C(=O)CN(CC#N)CC#N)s1. The normalized spacial score (nSPS) is 9.75. The van der Waals surface area contributed by atoms with Crippen LogP contribution < -0.4 is 0 Å². The van der Waals surface area contributed by atoms with E-state index >= 15 is 0 Å². The predicted octanol–water partition coefficient (Wildman–Crippen LogP) is 1.59. The molecule has 1 heterocycles. The molecule has 4 nitrogen and oxygen atoms in total. The minimum atomic E-state index is -0.0383. The number of thiophene rings is 1. The molecule has 0 radical (unpaired) electrons. The average Bonchev–Trinajstić information content (AvgIpc) is 2.65. The molecular formula is C11H11N3OS. The van der Waals surface area contributed by atoms with Crippen LogP contribution in [0.3, 0.4) is 0 Å². The lowest BCUT2D eigenvalue weighted by Gasteiger charge is -2.12. The van der Waals surface area contributed by atoms with Gasteiger partial charge in [-0.15, -0.1) is 11.3 Å². The van der Waals surface area contributed by atoms with Crippen molar-refractivity contribution in [1.82, 2.24) is 4.90 Å². The number of nitriles is 2. The molecule has 0 aromatic carbocycles. The zero-order chi connectivity index (χ0) is 12.0. The predicted molar refractivity (Wildman–Crippen MR) is 61.1 cm³/mol. The van der Waals surface area contributed by atoms with Crippen LogP contribution in [0, 0.1) is 29.6 Å². The lowest BCUT2D eigenvalue weighted by molar-refractivity contribution is 0.0950. The van der Waals surface area contributed by atoms with Crippen LogP contribution in [-0.2, 0) is 0 Å². The summed E-state index contributed by atoms with van der Waals surface area (Å²) in [5.41, 5.74) is 0. The summed E-state index contributed by atoms with van der Waals surface area (Å²) >= 11 is 1.43. The molecule has 1 aromatic heterocycles. The highest BCUT2D eigenvalue weighted by Crippen LogP contribution is 2.15.